The fraction of sp³-hybridized carbons (Fsp3) is 0.727. The minimum Gasteiger partial charge on any atom is -0.351 e. The zero-order valence-electron chi connectivity index (χ0n) is 20.0. The van der Waals surface area contributed by atoms with Gasteiger partial charge in [0.1, 0.15) is 0 Å². The number of nitrogens with one attached hydrogen (secondary N) is 2. The van der Waals surface area contributed by atoms with Crippen LogP contribution in [0.1, 0.15) is 46.0 Å². The number of aromatic nitrogens is 2. The zero-order chi connectivity index (χ0) is 24.8. The quantitative estimate of drug-likeness (QED) is 0.195. The molecule has 1 aromatic heterocycles. The van der Waals surface area contributed by atoms with E-state index in [4.69, 9.17) is 11.6 Å². The topological polar surface area (TPSA) is 114 Å². The summed E-state index contributed by atoms with van der Waals surface area (Å²) in [6.45, 7) is 6.01. The van der Waals surface area contributed by atoms with Gasteiger partial charge in [-0.05, 0) is 36.9 Å². The number of hydrazine groups is 1. The van der Waals surface area contributed by atoms with E-state index < -0.39 is 17.6 Å². The average molecular weight is 500 g/mol. The maximum absolute atomic E-state index is 15.4. The molecule has 1 saturated carbocycles. The van der Waals surface area contributed by atoms with Crippen molar-refractivity contribution in [2.24, 2.45) is 17.8 Å². The van der Waals surface area contributed by atoms with E-state index in [0.717, 1.165) is 32.2 Å². The van der Waals surface area contributed by atoms with Crippen LogP contribution in [0.5, 0.6) is 0 Å². The summed E-state index contributed by atoms with van der Waals surface area (Å²) in [4.78, 5) is 35.8. The standard InChI is InChI=1S/C22H35ClFN7O3/c1-14(2)17-12-30(9-8-29(17)3)20-18(24)19(25-22(23)26-20)27-28-21(33)16(11-31(34)13-32)10-15-6-4-5-7-15/h13-17,34H,4-12H2,1-3H3,(H,28,33)(H,25,26,27)/t16-,17+/m0/s1. The third-order valence-corrected chi connectivity index (χ3v) is 7.04. The number of carbonyl (C=O) groups is 2. The molecule has 0 spiro atoms. The molecule has 0 aromatic carbocycles. The van der Waals surface area contributed by atoms with Crippen molar-refractivity contribution in [2.45, 2.75) is 52.0 Å². The molecule has 2 amide bonds. The molecule has 1 saturated heterocycles. The Hall–Kier alpha value is -2.24. The second-order valence-corrected chi connectivity index (χ2v) is 9.98. The third-order valence-electron chi connectivity index (χ3n) is 6.87. The molecular weight excluding hydrogens is 465 g/mol. The number of carbonyl (C=O) groups excluding carboxylic acids is 2. The molecule has 190 valence electrons. The first-order valence-corrected chi connectivity index (χ1v) is 12.2. The van der Waals surface area contributed by atoms with Gasteiger partial charge in [0.15, 0.2) is 11.6 Å². The Morgan fingerprint density at radius 2 is 2.03 bits per heavy atom. The molecule has 34 heavy (non-hydrogen) atoms. The van der Waals surface area contributed by atoms with Crippen molar-refractivity contribution in [2.75, 3.05) is 43.6 Å². The number of nitrogens with zero attached hydrogens (tertiary/aromatic N) is 5. The first kappa shape index (κ1) is 26.4. The first-order valence-electron chi connectivity index (χ1n) is 11.8. The molecule has 1 aliphatic carbocycles. The Morgan fingerprint density at radius 1 is 1.32 bits per heavy atom. The molecule has 12 heteroatoms. The van der Waals surface area contributed by atoms with E-state index in [1.807, 2.05) is 11.9 Å². The number of hydrogen-bond acceptors (Lipinski definition) is 8. The summed E-state index contributed by atoms with van der Waals surface area (Å²) in [5, 5.41) is 9.95. The van der Waals surface area contributed by atoms with Gasteiger partial charge in [0.25, 0.3) is 0 Å². The lowest BCUT2D eigenvalue weighted by Gasteiger charge is -2.42. The van der Waals surface area contributed by atoms with Crippen molar-refractivity contribution in [3.05, 3.63) is 11.1 Å². The highest BCUT2D eigenvalue weighted by molar-refractivity contribution is 6.28. The summed E-state index contributed by atoms with van der Waals surface area (Å²) in [7, 11) is 2.05. The number of likely N-dealkylation sites (N-methyl/N-ethyl adjacent to an activating group) is 1. The molecule has 2 fully saturated rings. The van der Waals surface area contributed by atoms with Crippen molar-refractivity contribution in [1.29, 1.82) is 0 Å². The fourth-order valence-electron chi connectivity index (χ4n) is 4.92. The highest BCUT2D eigenvalue weighted by atomic mass is 35.5. The van der Waals surface area contributed by atoms with Gasteiger partial charge in [0, 0.05) is 25.7 Å². The number of piperazine rings is 1. The third kappa shape index (κ3) is 6.67. The summed E-state index contributed by atoms with van der Waals surface area (Å²) in [5.74, 6) is -1.27. The number of hydrogen-bond donors (Lipinski definition) is 3. The fourth-order valence-corrected chi connectivity index (χ4v) is 5.08. The van der Waals surface area contributed by atoms with E-state index in [-0.39, 0.29) is 35.9 Å². The van der Waals surface area contributed by atoms with Crippen molar-refractivity contribution >= 4 is 35.6 Å². The van der Waals surface area contributed by atoms with Crippen LogP contribution >= 0.6 is 11.6 Å². The molecular formula is C22H35ClFN7O3. The van der Waals surface area contributed by atoms with E-state index >= 15 is 4.39 Å². The minimum absolute atomic E-state index is 0.0838. The SMILES string of the molecule is CC(C)[C@H]1CN(c2nc(Cl)nc(NNC(=O)[C@@H](CC3CCCC3)CN(O)C=O)c2F)CCN1C. The van der Waals surface area contributed by atoms with Crippen LogP contribution in [0.4, 0.5) is 16.0 Å². The Balaban J connectivity index is 1.71. The van der Waals surface area contributed by atoms with Crippen LogP contribution in [0, 0.1) is 23.6 Å². The summed E-state index contributed by atoms with van der Waals surface area (Å²) >= 11 is 6.09. The summed E-state index contributed by atoms with van der Waals surface area (Å²) < 4.78 is 15.4. The predicted octanol–water partition coefficient (Wildman–Crippen LogP) is 2.53. The zero-order valence-corrected chi connectivity index (χ0v) is 20.8. The Kier molecular flexibility index (Phi) is 9.26. The monoisotopic (exact) mass is 499 g/mol. The van der Waals surface area contributed by atoms with Crippen LogP contribution in [0.3, 0.4) is 0 Å². The van der Waals surface area contributed by atoms with Crippen LogP contribution < -0.4 is 15.8 Å². The van der Waals surface area contributed by atoms with Crippen LogP contribution in [-0.2, 0) is 9.59 Å². The molecule has 1 aromatic rings. The predicted molar refractivity (Wildman–Crippen MR) is 127 cm³/mol. The summed E-state index contributed by atoms with van der Waals surface area (Å²) in [5.41, 5.74) is 5.01. The van der Waals surface area contributed by atoms with Gasteiger partial charge in [-0.1, -0.05) is 39.5 Å². The molecule has 2 aliphatic rings. The molecule has 2 heterocycles. The Morgan fingerprint density at radius 3 is 2.68 bits per heavy atom. The molecule has 3 rings (SSSR count). The van der Waals surface area contributed by atoms with Gasteiger partial charge < -0.3 is 4.90 Å². The lowest BCUT2D eigenvalue weighted by molar-refractivity contribution is -0.154. The highest BCUT2D eigenvalue weighted by Crippen LogP contribution is 2.31. The van der Waals surface area contributed by atoms with Gasteiger partial charge in [0.05, 0.1) is 12.5 Å². The largest absolute Gasteiger partial charge is 0.351 e. The van der Waals surface area contributed by atoms with Crippen LogP contribution in [0.15, 0.2) is 0 Å². The average Bonchev–Trinajstić information content (AvgIpc) is 3.32. The second kappa shape index (κ2) is 11.9. The van der Waals surface area contributed by atoms with E-state index in [2.05, 4.69) is 39.6 Å². The lowest BCUT2D eigenvalue weighted by Crippen LogP contribution is -2.54. The first-order chi connectivity index (χ1) is 16.2. The van der Waals surface area contributed by atoms with Gasteiger partial charge in [-0.2, -0.15) is 14.4 Å². The van der Waals surface area contributed by atoms with Crippen LogP contribution in [-0.4, -0.2) is 76.7 Å². The van der Waals surface area contributed by atoms with E-state index in [9.17, 15) is 14.8 Å². The molecule has 0 radical (unpaired) electrons. The number of halogens is 2. The van der Waals surface area contributed by atoms with Gasteiger partial charge in [-0.25, -0.2) is 5.06 Å². The molecule has 0 unspecified atom stereocenters. The summed E-state index contributed by atoms with van der Waals surface area (Å²) in [6.07, 6.45) is 5.00. The maximum atomic E-state index is 15.4. The molecule has 0 bridgehead atoms. The van der Waals surface area contributed by atoms with Gasteiger partial charge in [-0.15, -0.1) is 0 Å². The summed E-state index contributed by atoms with van der Waals surface area (Å²) in [6, 6.07) is 0.230. The number of hydroxylamine groups is 2. The van der Waals surface area contributed by atoms with E-state index in [0.29, 0.717) is 36.4 Å². The van der Waals surface area contributed by atoms with Crippen LogP contribution in [0.25, 0.3) is 0 Å². The van der Waals surface area contributed by atoms with Crippen molar-refractivity contribution in [1.82, 2.24) is 25.4 Å². The van der Waals surface area contributed by atoms with Gasteiger partial charge >= 0.3 is 0 Å². The number of anilines is 2. The van der Waals surface area contributed by atoms with Crippen molar-refractivity contribution in [3.8, 4) is 0 Å². The maximum Gasteiger partial charge on any atom is 0.243 e. The highest BCUT2D eigenvalue weighted by Gasteiger charge is 2.31. The lowest BCUT2D eigenvalue weighted by atomic mass is 9.92. The molecule has 10 nitrogen and oxygen atoms in total. The smallest absolute Gasteiger partial charge is 0.243 e. The van der Waals surface area contributed by atoms with Crippen molar-refractivity contribution < 1.29 is 19.2 Å². The van der Waals surface area contributed by atoms with E-state index in [1.54, 1.807) is 0 Å². The normalized spacial score (nSPS) is 20.4. The Bertz CT molecular complexity index is 856. The van der Waals surface area contributed by atoms with Crippen molar-refractivity contribution in [3.63, 3.8) is 0 Å². The minimum atomic E-state index is -0.708. The number of amides is 2. The molecule has 3 N–H and O–H groups in total. The number of rotatable bonds is 10. The Labute approximate surface area is 204 Å². The molecule has 2 atom stereocenters. The van der Waals surface area contributed by atoms with E-state index in [1.165, 1.54) is 0 Å². The van der Waals surface area contributed by atoms with Gasteiger partial charge in [-0.3, -0.25) is 30.5 Å². The van der Waals surface area contributed by atoms with Crippen LogP contribution in [0.2, 0.25) is 5.28 Å². The molecule has 1 aliphatic heterocycles. The van der Waals surface area contributed by atoms with Gasteiger partial charge in [0.2, 0.25) is 23.4 Å². The second-order valence-electron chi connectivity index (χ2n) is 9.64.